The molecule has 0 N–H and O–H groups in total. The zero-order chi connectivity index (χ0) is 34.4. The Bertz CT molecular complexity index is 1850. The Morgan fingerprint density at radius 1 is 0.780 bits per heavy atom. The van der Waals surface area contributed by atoms with Gasteiger partial charge in [-0.25, -0.2) is 14.4 Å². The van der Waals surface area contributed by atoms with Gasteiger partial charge in [0.25, 0.3) is 0 Å². The minimum absolute atomic E-state index is 0.0102. The first kappa shape index (κ1) is 31.7. The number of likely N-dealkylation sites (tertiary alicyclic amines) is 1. The lowest BCUT2D eigenvalue weighted by atomic mass is 9.43. The summed E-state index contributed by atoms with van der Waals surface area (Å²) in [5.41, 5.74) is 1.69. The molecule has 258 valence electrons. The van der Waals surface area contributed by atoms with E-state index >= 15 is 0 Å². The van der Waals surface area contributed by atoms with Crippen LogP contribution in [-0.2, 0) is 14.2 Å². The van der Waals surface area contributed by atoms with Gasteiger partial charge in [-0.3, -0.25) is 4.90 Å². The molecule has 5 aliphatic carbocycles. The van der Waals surface area contributed by atoms with Crippen LogP contribution >= 0.6 is 0 Å². The normalized spacial score (nSPS) is 39.0. The molecule has 7 heteroatoms. The van der Waals surface area contributed by atoms with Crippen molar-refractivity contribution in [2.24, 2.45) is 39.9 Å². The SMILES string of the molecule is C=C1[C@@H](OC(=O)c2ccccc2)[C@]23C[C@@H]1[C@@H](OC(=O)c1ccccc1)CC2[C@]12C4C[C@H]3[C@H]1N(CC)C[C@]4(C)CC[C@@H]2OC(=O)c1ccccc1. The quantitative estimate of drug-likeness (QED) is 0.147. The molecule has 7 bridgehead atoms. The van der Waals surface area contributed by atoms with Crippen molar-refractivity contribution in [2.75, 3.05) is 13.1 Å². The molecule has 3 aromatic rings. The monoisotopic (exact) mass is 671 g/mol. The Hall–Kier alpha value is -4.23. The fourth-order valence-electron chi connectivity index (χ4n) is 12.7. The number of piperidine rings is 1. The lowest BCUT2D eigenvalue weighted by molar-refractivity contribution is -0.218. The van der Waals surface area contributed by atoms with Gasteiger partial charge in [0.15, 0.2) is 0 Å². The predicted molar refractivity (Wildman–Crippen MR) is 187 cm³/mol. The van der Waals surface area contributed by atoms with Crippen LogP contribution in [0.4, 0.5) is 0 Å². The van der Waals surface area contributed by atoms with E-state index in [1.165, 1.54) is 0 Å². The van der Waals surface area contributed by atoms with E-state index in [-0.39, 0.29) is 58.6 Å². The number of rotatable bonds is 7. The fourth-order valence-corrected chi connectivity index (χ4v) is 12.7. The number of hydrogen-bond acceptors (Lipinski definition) is 7. The van der Waals surface area contributed by atoms with Crippen LogP contribution in [0.5, 0.6) is 0 Å². The van der Waals surface area contributed by atoms with Gasteiger partial charge >= 0.3 is 17.9 Å². The van der Waals surface area contributed by atoms with Crippen LogP contribution < -0.4 is 0 Å². The second-order valence-corrected chi connectivity index (χ2v) is 16.1. The summed E-state index contributed by atoms with van der Waals surface area (Å²) in [4.78, 5) is 44.2. The molecule has 0 amide bonds. The standard InChI is InChI=1S/C43H45NO6/c1-4-44-25-41(3)21-20-35(49-39(46)28-16-10-6-11-17-28)43-33(41)22-31(36(43)44)42-24-30(26(2)37(42)50-40(47)29-18-12-7-13-19-29)32(23-34(42)43)48-38(45)27-14-8-5-9-15-27/h5-19,30-37H,2,4,20-25H2,1,3H3/t30-,31-,32-,33?,34?,35-,36+,37+,41-,42-,43-/m0/s1. The first-order valence-electron chi connectivity index (χ1n) is 18.4. The largest absolute Gasteiger partial charge is 0.458 e. The minimum atomic E-state index is -0.533. The van der Waals surface area contributed by atoms with Crippen molar-refractivity contribution < 1.29 is 28.6 Å². The maximum Gasteiger partial charge on any atom is 0.338 e. The Balaban J connectivity index is 1.18. The molecule has 1 saturated heterocycles. The van der Waals surface area contributed by atoms with E-state index in [1.807, 2.05) is 66.7 Å². The third-order valence-corrected chi connectivity index (χ3v) is 14.2. The van der Waals surface area contributed by atoms with Crippen molar-refractivity contribution in [3.63, 3.8) is 0 Å². The maximum atomic E-state index is 13.9. The smallest absolute Gasteiger partial charge is 0.338 e. The van der Waals surface area contributed by atoms with Gasteiger partial charge in [0, 0.05) is 29.3 Å². The average molecular weight is 672 g/mol. The molecular formula is C43H45NO6. The van der Waals surface area contributed by atoms with Crippen molar-refractivity contribution in [3.05, 3.63) is 120 Å². The third kappa shape index (κ3) is 4.22. The lowest BCUT2D eigenvalue weighted by Crippen LogP contribution is -2.69. The van der Waals surface area contributed by atoms with E-state index in [9.17, 15) is 14.4 Å². The van der Waals surface area contributed by atoms with Crippen LogP contribution in [0.15, 0.2) is 103 Å². The molecule has 2 unspecified atom stereocenters. The van der Waals surface area contributed by atoms with Crippen molar-refractivity contribution in [1.29, 1.82) is 0 Å². The van der Waals surface area contributed by atoms with Gasteiger partial charge in [-0.1, -0.05) is 75.0 Å². The van der Waals surface area contributed by atoms with Crippen molar-refractivity contribution in [3.8, 4) is 0 Å². The van der Waals surface area contributed by atoms with Crippen molar-refractivity contribution in [2.45, 2.75) is 70.3 Å². The Labute approximate surface area is 294 Å². The van der Waals surface area contributed by atoms with Crippen LogP contribution in [0.3, 0.4) is 0 Å². The van der Waals surface area contributed by atoms with E-state index in [2.05, 4.69) is 25.3 Å². The Morgan fingerprint density at radius 3 is 1.92 bits per heavy atom. The molecule has 6 aliphatic rings. The highest BCUT2D eigenvalue weighted by atomic mass is 16.6. The fraction of sp³-hybridized carbons (Fsp3) is 0.465. The third-order valence-electron chi connectivity index (χ3n) is 14.2. The molecule has 1 aliphatic heterocycles. The number of carbonyl (C=O) groups is 3. The first-order valence-corrected chi connectivity index (χ1v) is 18.4. The summed E-state index contributed by atoms with van der Waals surface area (Å²) in [6, 6.07) is 27.8. The molecule has 0 aromatic heterocycles. The summed E-state index contributed by atoms with van der Waals surface area (Å²) >= 11 is 0. The molecule has 0 radical (unpaired) electrons. The molecule has 50 heavy (non-hydrogen) atoms. The van der Waals surface area contributed by atoms with Crippen LogP contribution in [-0.4, -0.2) is 60.3 Å². The molecule has 5 saturated carbocycles. The molecule has 3 aromatic carbocycles. The first-order chi connectivity index (χ1) is 24.2. The number of fused-ring (bicyclic) bond motifs is 1. The van der Waals surface area contributed by atoms with E-state index < -0.39 is 17.6 Å². The van der Waals surface area contributed by atoms with Gasteiger partial charge in [-0.05, 0) is 104 Å². The van der Waals surface area contributed by atoms with Crippen molar-refractivity contribution in [1.82, 2.24) is 4.90 Å². The topological polar surface area (TPSA) is 82.1 Å². The average Bonchev–Trinajstić information content (AvgIpc) is 3.67. The highest BCUT2D eigenvalue weighted by Gasteiger charge is 2.86. The van der Waals surface area contributed by atoms with Gasteiger partial charge in [-0.2, -0.15) is 0 Å². The highest BCUT2D eigenvalue weighted by molar-refractivity contribution is 5.90. The van der Waals surface area contributed by atoms with E-state index in [0.717, 1.165) is 44.3 Å². The van der Waals surface area contributed by atoms with Crippen LogP contribution in [0, 0.1) is 39.9 Å². The number of hydrogen-bond donors (Lipinski definition) is 0. The molecule has 6 fully saturated rings. The zero-order valence-electron chi connectivity index (χ0n) is 28.8. The van der Waals surface area contributed by atoms with Crippen molar-refractivity contribution >= 4 is 17.9 Å². The van der Waals surface area contributed by atoms with Gasteiger partial charge in [0.05, 0.1) is 16.7 Å². The molecule has 1 heterocycles. The van der Waals surface area contributed by atoms with Gasteiger partial charge in [-0.15, -0.1) is 0 Å². The molecule has 9 rings (SSSR count). The molecule has 7 nitrogen and oxygen atoms in total. The Morgan fingerprint density at radius 2 is 1.34 bits per heavy atom. The van der Waals surface area contributed by atoms with Gasteiger partial charge < -0.3 is 14.2 Å². The summed E-state index contributed by atoms with van der Waals surface area (Å²) in [7, 11) is 0. The van der Waals surface area contributed by atoms with Gasteiger partial charge in [0.1, 0.15) is 18.3 Å². The van der Waals surface area contributed by atoms with E-state index in [1.54, 1.807) is 24.3 Å². The second kappa shape index (κ2) is 11.4. The zero-order valence-corrected chi connectivity index (χ0v) is 28.8. The Kier molecular flexibility index (Phi) is 7.23. The maximum absolute atomic E-state index is 13.9. The molecular weight excluding hydrogens is 626 g/mol. The molecule has 2 spiro atoms. The van der Waals surface area contributed by atoms with Crippen LogP contribution in [0.25, 0.3) is 0 Å². The van der Waals surface area contributed by atoms with E-state index in [0.29, 0.717) is 29.0 Å². The van der Waals surface area contributed by atoms with Crippen LogP contribution in [0.1, 0.15) is 77.0 Å². The summed E-state index contributed by atoms with van der Waals surface area (Å²) in [6.07, 6.45) is 2.84. The minimum Gasteiger partial charge on any atom is -0.458 e. The van der Waals surface area contributed by atoms with Gasteiger partial charge in [0.2, 0.25) is 0 Å². The number of nitrogens with zero attached hydrogens (tertiary/aromatic N) is 1. The number of benzene rings is 3. The predicted octanol–water partition coefficient (Wildman–Crippen LogP) is 7.39. The summed E-state index contributed by atoms with van der Waals surface area (Å²) in [6.45, 7) is 11.2. The highest BCUT2D eigenvalue weighted by Crippen LogP contribution is 2.84. The van der Waals surface area contributed by atoms with E-state index in [4.69, 9.17) is 14.2 Å². The lowest BCUT2D eigenvalue weighted by Gasteiger charge is -2.65. The number of esters is 3. The number of ether oxygens (including phenoxy) is 3. The number of carbonyl (C=O) groups excluding carboxylic acids is 3. The molecule has 11 atom stereocenters. The summed E-state index contributed by atoms with van der Waals surface area (Å²) < 4.78 is 19.9. The summed E-state index contributed by atoms with van der Waals surface area (Å²) in [5, 5.41) is 0. The summed E-state index contributed by atoms with van der Waals surface area (Å²) in [5.74, 6) is -0.600. The second-order valence-electron chi connectivity index (χ2n) is 16.1. The van der Waals surface area contributed by atoms with Crippen LogP contribution in [0.2, 0.25) is 0 Å².